The molecule has 1 N–H and O–H groups in total. The molecule has 0 saturated carbocycles. The molecule has 1 amide bonds. The van der Waals surface area contributed by atoms with E-state index in [-0.39, 0.29) is 11.7 Å². The average molecular weight is 390 g/mol. The van der Waals surface area contributed by atoms with Crippen molar-refractivity contribution in [2.24, 2.45) is 0 Å². The van der Waals surface area contributed by atoms with Crippen molar-refractivity contribution in [3.8, 4) is 5.75 Å². The molecule has 7 nitrogen and oxygen atoms in total. The van der Waals surface area contributed by atoms with Crippen molar-refractivity contribution in [2.75, 3.05) is 18.2 Å². The first-order valence-corrected chi connectivity index (χ1v) is 9.87. The minimum absolute atomic E-state index is 0.118. The summed E-state index contributed by atoms with van der Waals surface area (Å²) in [5.41, 5.74) is 1.14. The quantitative estimate of drug-likeness (QED) is 0.596. The summed E-state index contributed by atoms with van der Waals surface area (Å²) in [7, 11) is 1.65. The molecule has 0 aliphatic rings. The van der Waals surface area contributed by atoms with Gasteiger partial charge in [-0.2, -0.15) is 0 Å². The highest BCUT2D eigenvalue weighted by atomic mass is 32.2. The number of benzene rings is 1. The molecule has 0 atom stereocenters. The zero-order valence-electron chi connectivity index (χ0n) is 14.5. The Morgan fingerprint density at radius 2 is 2.12 bits per heavy atom. The van der Waals surface area contributed by atoms with Crippen molar-refractivity contribution in [3.63, 3.8) is 0 Å². The molecule has 9 heteroatoms. The number of carbonyl (C=O) groups excluding carboxylic acids is 1. The van der Waals surface area contributed by atoms with E-state index in [4.69, 9.17) is 4.74 Å². The number of anilines is 1. The fourth-order valence-electron chi connectivity index (χ4n) is 2.22. The molecule has 0 aliphatic carbocycles. The molecule has 0 bridgehead atoms. The van der Waals surface area contributed by atoms with E-state index in [0.29, 0.717) is 11.7 Å². The van der Waals surface area contributed by atoms with Crippen LogP contribution in [0, 0.1) is 0 Å². The number of nitrogens with one attached hydrogen (secondary N) is 1. The number of methoxy groups -OCH3 is 1. The number of hydrogen-bond acceptors (Lipinski definition) is 7. The van der Waals surface area contributed by atoms with Gasteiger partial charge in [0.25, 0.3) is 0 Å². The monoisotopic (exact) mass is 389 g/mol. The first-order valence-electron chi connectivity index (χ1n) is 8.07. The number of amides is 1. The maximum atomic E-state index is 12.1. The van der Waals surface area contributed by atoms with E-state index in [2.05, 4.69) is 20.5 Å². The highest BCUT2D eigenvalue weighted by molar-refractivity contribution is 7.99. The third kappa shape index (κ3) is 4.83. The second-order valence-electron chi connectivity index (χ2n) is 5.38. The number of ether oxygens (including phenoxy) is 1. The SMILES string of the molecule is CCc1nnc(NC(=O)CSc2nccn2Cc2ccc(OC)cc2)s1. The van der Waals surface area contributed by atoms with Crippen LogP contribution in [0.5, 0.6) is 5.75 Å². The molecule has 0 fully saturated rings. The summed E-state index contributed by atoms with van der Waals surface area (Å²) < 4.78 is 7.19. The first kappa shape index (κ1) is 18.4. The van der Waals surface area contributed by atoms with Gasteiger partial charge in [-0.3, -0.25) is 10.1 Å². The number of carbonyl (C=O) groups is 1. The van der Waals surface area contributed by atoms with Crippen LogP contribution in [0.25, 0.3) is 0 Å². The molecule has 26 heavy (non-hydrogen) atoms. The van der Waals surface area contributed by atoms with Crippen LogP contribution in [0.2, 0.25) is 0 Å². The molecule has 3 aromatic rings. The Kier molecular flexibility index (Phi) is 6.24. The lowest BCUT2D eigenvalue weighted by Crippen LogP contribution is -2.14. The molecule has 0 aliphatic heterocycles. The van der Waals surface area contributed by atoms with Crippen LogP contribution in [0.4, 0.5) is 5.13 Å². The summed E-state index contributed by atoms with van der Waals surface area (Å²) in [5.74, 6) is 0.974. The van der Waals surface area contributed by atoms with Crippen molar-refractivity contribution in [1.82, 2.24) is 19.7 Å². The Bertz CT molecular complexity index is 860. The van der Waals surface area contributed by atoms with Gasteiger partial charge in [-0.1, -0.05) is 42.2 Å². The summed E-state index contributed by atoms with van der Waals surface area (Å²) in [6.45, 7) is 2.69. The number of thioether (sulfide) groups is 1. The van der Waals surface area contributed by atoms with Gasteiger partial charge in [-0.15, -0.1) is 10.2 Å². The predicted octanol–water partition coefficient (Wildman–Crippen LogP) is 3.08. The lowest BCUT2D eigenvalue weighted by atomic mass is 10.2. The van der Waals surface area contributed by atoms with Crippen LogP contribution in [-0.4, -0.2) is 38.5 Å². The summed E-state index contributed by atoms with van der Waals surface area (Å²) in [6, 6.07) is 7.89. The van der Waals surface area contributed by atoms with Gasteiger partial charge in [0, 0.05) is 18.9 Å². The van der Waals surface area contributed by atoms with Crippen LogP contribution in [0.3, 0.4) is 0 Å². The van der Waals surface area contributed by atoms with Gasteiger partial charge in [0.05, 0.1) is 12.9 Å². The molecule has 136 valence electrons. The van der Waals surface area contributed by atoms with Gasteiger partial charge < -0.3 is 9.30 Å². The molecular formula is C17H19N5O2S2. The van der Waals surface area contributed by atoms with Crippen molar-refractivity contribution in [2.45, 2.75) is 25.0 Å². The Morgan fingerprint density at radius 3 is 2.81 bits per heavy atom. The fourth-order valence-corrected chi connectivity index (χ4v) is 3.67. The summed E-state index contributed by atoms with van der Waals surface area (Å²) >= 11 is 2.79. The van der Waals surface area contributed by atoms with E-state index < -0.39 is 0 Å². The van der Waals surface area contributed by atoms with Crippen molar-refractivity contribution >= 4 is 34.1 Å². The van der Waals surface area contributed by atoms with Gasteiger partial charge in [0.15, 0.2) is 5.16 Å². The Labute approximate surface area is 159 Å². The van der Waals surface area contributed by atoms with E-state index in [1.54, 1.807) is 13.3 Å². The highest BCUT2D eigenvalue weighted by Gasteiger charge is 2.11. The van der Waals surface area contributed by atoms with Crippen LogP contribution in [0.15, 0.2) is 41.8 Å². The van der Waals surface area contributed by atoms with Crippen LogP contribution in [0.1, 0.15) is 17.5 Å². The molecular weight excluding hydrogens is 370 g/mol. The molecule has 3 rings (SSSR count). The fraction of sp³-hybridized carbons (Fsp3) is 0.294. The van der Waals surface area contributed by atoms with E-state index in [1.165, 1.54) is 23.1 Å². The number of aromatic nitrogens is 4. The molecule has 0 unspecified atom stereocenters. The normalized spacial score (nSPS) is 10.7. The lowest BCUT2D eigenvalue weighted by Gasteiger charge is -2.08. The van der Waals surface area contributed by atoms with Crippen LogP contribution >= 0.6 is 23.1 Å². The Morgan fingerprint density at radius 1 is 1.31 bits per heavy atom. The highest BCUT2D eigenvalue weighted by Crippen LogP contribution is 2.20. The van der Waals surface area contributed by atoms with E-state index in [1.807, 2.05) is 42.0 Å². The lowest BCUT2D eigenvalue weighted by molar-refractivity contribution is -0.113. The predicted molar refractivity (Wildman–Crippen MR) is 103 cm³/mol. The van der Waals surface area contributed by atoms with Gasteiger partial charge in [-0.05, 0) is 24.1 Å². The standard InChI is InChI=1S/C17H19N5O2S2/c1-3-15-20-21-16(26-15)19-14(23)11-25-17-18-8-9-22(17)10-12-4-6-13(24-2)7-5-12/h4-9H,3,10-11H2,1-2H3,(H,19,21,23). The molecule has 2 heterocycles. The number of hydrogen-bond donors (Lipinski definition) is 1. The third-order valence-electron chi connectivity index (χ3n) is 3.54. The zero-order valence-corrected chi connectivity index (χ0v) is 16.1. The zero-order chi connectivity index (χ0) is 18.4. The van der Waals surface area contributed by atoms with E-state index in [9.17, 15) is 4.79 Å². The first-order chi connectivity index (χ1) is 12.7. The minimum atomic E-state index is -0.118. The summed E-state index contributed by atoms with van der Waals surface area (Å²) in [6.07, 6.45) is 4.45. The Balaban J connectivity index is 1.55. The molecule has 0 saturated heterocycles. The second-order valence-corrected chi connectivity index (χ2v) is 7.38. The van der Waals surface area contributed by atoms with Crippen molar-refractivity contribution in [1.29, 1.82) is 0 Å². The summed E-state index contributed by atoms with van der Waals surface area (Å²) in [4.78, 5) is 16.4. The number of aryl methyl sites for hydroxylation is 1. The Hall–Kier alpha value is -2.39. The number of imidazole rings is 1. The second kappa shape index (κ2) is 8.81. The van der Waals surface area contributed by atoms with Gasteiger partial charge >= 0.3 is 0 Å². The largest absolute Gasteiger partial charge is 0.497 e. The van der Waals surface area contributed by atoms with Crippen LogP contribution in [-0.2, 0) is 17.8 Å². The molecule has 0 spiro atoms. The molecule has 2 aromatic heterocycles. The van der Waals surface area contributed by atoms with Crippen molar-refractivity contribution in [3.05, 3.63) is 47.2 Å². The maximum absolute atomic E-state index is 12.1. The smallest absolute Gasteiger partial charge is 0.236 e. The van der Waals surface area contributed by atoms with Crippen LogP contribution < -0.4 is 10.1 Å². The van der Waals surface area contributed by atoms with Gasteiger partial charge in [0.1, 0.15) is 10.8 Å². The topological polar surface area (TPSA) is 81.9 Å². The number of nitrogens with zero attached hydrogens (tertiary/aromatic N) is 4. The van der Waals surface area contributed by atoms with Gasteiger partial charge in [-0.25, -0.2) is 4.98 Å². The van der Waals surface area contributed by atoms with E-state index >= 15 is 0 Å². The molecule has 1 aromatic carbocycles. The van der Waals surface area contributed by atoms with Gasteiger partial charge in [0.2, 0.25) is 11.0 Å². The minimum Gasteiger partial charge on any atom is -0.497 e. The third-order valence-corrected chi connectivity index (χ3v) is 5.52. The van der Waals surface area contributed by atoms with Crippen molar-refractivity contribution < 1.29 is 9.53 Å². The molecule has 0 radical (unpaired) electrons. The van der Waals surface area contributed by atoms with E-state index in [0.717, 1.165) is 27.9 Å². The average Bonchev–Trinajstić information content (AvgIpc) is 3.30. The summed E-state index contributed by atoms with van der Waals surface area (Å²) in [5, 5.41) is 13.0. The number of rotatable bonds is 8. The maximum Gasteiger partial charge on any atom is 0.236 e.